The number of anilines is 1. The van der Waals surface area contributed by atoms with Crippen LogP contribution in [0.5, 0.6) is 5.75 Å². The highest BCUT2D eigenvalue weighted by Crippen LogP contribution is 2.27. The summed E-state index contributed by atoms with van der Waals surface area (Å²) in [4.78, 5) is 24.7. The van der Waals surface area contributed by atoms with Gasteiger partial charge in [-0.3, -0.25) is 4.79 Å². The maximum Gasteiger partial charge on any atom is 0.343 e. The van der Waals surface area contributed by atoms with Crippen LogP contribution in [0.25, 0.3) is 0 Å². The number of amides is 1. The Hall–Kier alpha value is -3.03. The van der Waals surface area contributed by atoms with E-state index in [1.807, 2.05) is 31.2 Å². The van der Waals surface area contributed by atoms with Crippen LogP contribution in [0.3, 0.4) is 0 Å². The van der Waals surface area contributed by atoms with Crippen LogP contribution in [0.2, 0.25) is 10.2 Å². The van der Waals surface area contributed by atoms with Crippen molar-refractivity contribution in [1.82, 2.24) is 9.78 Å². The summed E-state index contributed by atoms with van der Waals surface area (Å²) >= 11 is 12.4. The summed E-state index contributed by atoms with van der Waals surface area (Å²) in [6, 6.07) is 12.7. The normalized spacial score (nSPS) is 10.6. The number of nitrogens with one attached hydrogen (secondary N) is 1. The topological polar surface area (TPSA) is 82.4 Å². The van der Waals surface area contributed by atoms with E-state index in [2.05, 4.69) is 10.4 Å². The molecule has 0 aliphatic carbocycles. The minimum absolute atomic E-state index is 0.133. The fourth-order valence-corrected chi connectivity index (χ4v) is 3.47. The number of hydrogen-bond donors (Lipinski definition) is 1. The fraction of sp³-hybridized carbons (Fsp3) is 0.227. The molecule has 0 unspecified atom stereocenters. The highest BCUT2D eigenvalue weighted by molar-refractivity contribution is 6.33. The van der Waals surface area contributed by atoms with Gasteiger partial charge in [0.25, 0.3) is 5.91 Å². The summed E-state index contributed by atoms with van der Waals surface area (Å²) < 4.78 is 11.7. The van der Waals surface area contributed by atoms with Gasteiger partial charge in [-0.1, -0.05) is 53.0 Å². The maximum absolute atomic E-state index is 12.5. The minimum atomic E-state index is -0.722. The largest absolute Gasteiger partial charge is 0.495 e. The SMILES string of the molecule is COc1ccc(NC(=O)COC(=O)c2c(C)nn(Cc3ccc(C)cc3)c2Cl)cc1Cl. The zero-order chi connectivity index (χ0) is 22.5. The van der Waals surface area contributed by atoms with Crippen LogP contribution in [-0.2, 0) is 16.1 Å². The van der Waals surface area contributed by atoms with Crippen LogP contribution < -0.4 is 10.1 Å². The van der Waals surface area contributed by atoms with E-state index < -0.39 is 18.5 Å². The number of ether oxygens (including phenoxy) is 2. The molecule has 2 aromatic carbocycles. The Kier molecular flexibility index (Phi) is 7.20. The zero-order valence-corrected chi connectivity index (χ0v) is 18.8. The first-order chi connectivity index (χ1) is 14.8. The van der Waals surface area contributed by atoms with Gasteiger partial charge in [0.1, 0.15) is 16.5 Å². The highest BCUT2D eigenvalue weighted by atomic mass is 35.5. The molecule has 0 fully saturated rings. The van der Waals surface area contributed by atoms with Crippen molar-refractivity contribution in [1.29, 1.82) is 0 Å². The molecule has 0 spiro atoms. The number of rotatable bonds is 7. The van der Waals surface area contributed by atoms with E-state index in [1.54, 1.807) is 19.1 Å². The lowest BCUT2D eigenvalue weighted by Crippen LogP contribution is -2.21. The zero-order valence-electron chi connectivity index (χ0n) is 17.2. The molecule has 1 amide bonds. The molecule has 31 heavy (non-hydrogen) atoms. The van der Waals surface area contributed by atoms with E-state index in [9.17, 15) is 9.59 Å². The molecule has 0 aliphatic rings. The molecule has 3 aromatic rings. The van der Waals surface area contributed by atoms with Crippen LogP contribution in [0, 0.1) is 13.8 Å². The minimum Gasteiger partial charge on any atom is -0.495 e. The molecule has 1 aromatic heterocycles. The number of aromatic nitrogens is 2. The molecule has 1 N–H and O–H groups in total. The average molecular weight is 462 g/mol. The monoisotopic (exact) mass is 461 g/mol. The van der Waals surface area contributed by atoms with Crippen molar-refractivity contribution in [2.24, 2.45) is 0 Å². The number of carbonyl (C=O) groups is 2. The Morgan fingerprint density at radius 2 is 1.81 bits per heavy atom. The summed E-state index contributed by atoms with van der Waals surface area (Å²) in [5.41, 5.74) is 3.14. The van der Waals surface area contributed by atoms with Crippen molar-refractivity contribution >= 4 is 40.8 Å². The fourth-order valence-electron chi connectivity index (χ4n) is 2.90. The number of nitrogens with zero attached hydrogens (tertiary/aromatic N) is 2. The first-order valence-electron chi connectivity index (χ1n) is 9.37. The van der Waals surface area contributed by atoms with Crippen LogP contribution in [0.4, 0.5) is 5.69 Å². The van der Waals surface area contributed by atoms with Crippen molar-refractivity contribution in [3.8, 4) is 5.75 Å². The van der Waals surface area contributed by atoms with Crippen molar-refractivity contribution in [3.05, 3.63) is 75.0 Å². The third-order valence-electron chi connectivity index (χ3n) is 4.49. The average Bonchev–Trinajstić information content (AvgIpc) is 3.01. The number of benzene rings is 2. The number of aryl methyl sites for hydroxylation is 2. The van der Waals surface area contributed by atoms with E-state index in [0.29, 0.717) is 28.7 Å². The molecule has 0 saturated carbocycles. The van der Waals surface area contributed by atoms with Gasteiger partial charge >= 0.3 is 5.97 Å². The van der Waals surface area contributed by atoms with Gasteiger partial charge in [-0.2, -0.15) is 5.10 Å². The smallest absolute Gasteiger partial charge is 0.343 e. The Morgan fingerprint density at radius 1 is 1.10 bits per heavy atom. The van der Waals surface area contributed by atoms with Crippen molar-refractivity contribution in [2.75, 3.05) is 19.0 Å². The lowest BCUT2D eigenvalue weighted by molar-refractivity contribution is -0.119. The third kappa shape index (κ3) is 5.57. The van der Waals surface area contributed by atoms with Gasteiger partial charge in [0.2, 0.25) is 0 Å². The first kappa shape index (κ1) is 22.7. The van der Waals surface area contributed by atoms with E-state index in [1.165, 1.54) is 17.9 Å². The van der Waals surface area contributed by atoms with Gasteiger partial charge in [-0.25, -0.2) is 9.48 Å². The van der Waals surface area contributed by atoms with Crippen LogP contribution in [-0.4, -0.2) is 35.4 Å². The van der Waals surface area contributed by atoms with Gasteiger partial charge in [-0.05, 0) is 37.6 Å². The van der Waals surface area contributed by atoms with Crippen LogP contribution >= 0.6 is 23.2 Å². The second-order valence-corrected chi connectivity index (χ2v) is 7.63. The molecule has 162 valence electrons. The summed E-state index contributed by atoms with van der Waals surface area (Å²) in [6.07, 6.45) is 0. The standard InChI is InChI=1S/C22H21Cl2N3O4/c1-13-4-6-15(7-5-13)11-27-21(24)20(14(2)26-27)22(29)31-12-19(28)25-16-8-9-18(30-3)17(23)10-16/h4-10H,11-12H2,1-3H3,(H,25,28). The lowest BCUT2D eigenvalue weighted by atomic mass is 10.1. The van der Waals surface area contributed by atoms with Crippen molar-refractivity contribution in [2.45, 2.75) is 20.4 Å². The van der Waals surface area contributed by atoms with Crippen molar-refractivity contribution < 1.29 is 19.1 Å². The highest BCUT2D eigenvalue weighted by Gasteiger charge is 2.22. The van der Waals surface area contributed by atoms with E-state index >= 15 is 0 Å². The predicted molar refractivity (Wildman–Crippen MR) is 119 cm³/mol. The number of carbonyl (C=O) groups excluding carboxylic acids is 2. The molecule has 3 rings (SSSR count). The molecule has 0 bridgehead atoms. The second kappa shape index (κ2) is 9.85. The third-order valence-corrected chi connectivity index (χ3v) is 5.17. The number of halogens is 2. The van der Waals surface area contributed by atoms with Gasteiger partial charge in [0.15, 0.2) is 6.61 Å². The van der Waals surface area contributed by atoms with E-state index in [-0.39, 0.29) is 10.7 Å². The van der Waals surface area contributed by atoms with Gasteiger partial charge in [0, 0.05) is 5.69 Å². The number of hydrogen-bond acceptors (Lipinski definition) is 5. The molecule has 0 radical (unpaired) electrons. The second-order valence-electron chi connectivity index (χ2n) is 6.87. The van der Waals surface area contributed by atoms with Crippen LogP contribution in [0.1, 0.15) is 27.2 Å². The van der Waals surface area contributed by atoms with Crippen molar-refractivity contribution in [3.63, 3.8) is 0 Å². The Morgan fingerprint density at radius 3 is 2.45 bits per heavy atom. The molecule has 1 heterocycles. The summed E-state index contributed by atoms with van der Waals surface area (Å²) in [7, 11) is 1.50. The van der Waals surface area contributed by atoms with Gasteiger partial charge in [0.05, 0.1) is 24.4 Å². The molecule has 0 saturated heterocycles. The summed E-state index contributed by atoms with van der Waals surface area (Å²) in [5, 5.41) is 7.43. The molecular weight excluding hydrogens is 441 g/mol. The molecule has 9 heteroatoms. The van der Waals surface area contributed by atoms with Gasteiger partial charge < -0.3 is 14.8 Å². The Bertz CT molecular complexity index is 1110. The van der Waals surface area contributed by atoms with E-state index in [4.69, 9.17) is 32.7 Å². The lowest BCUT2D eigenvalue weighted by Gasteiger charge is -2.09. The summed E-state index contributed by atoms with van der Waals surface area (Å²) in [5.74, 6) is -0.755. The quantitative estimate of drug-likeness (QED) is 0.517. The Labute approximate surface area is 189 Å². The predicted octanol–water partition coefficient (Wildman–Crippen LogP) is 4.66. The van der Waals surface area contributed by atoms with Gasteiger partial charge in [-0.15, -0.1) is 0 Å². The molecule has 7 nitrogen and oxygen atoms in total. The Balaban J connectivity index is 1.62. The maximum atomic E-state index is 12.5. The summed E-state index contributed by atoms with van der Waals surface area (Å²) in [6.45, 7) is 3.59. The van der Waals surface area contributed by atoms with Crippen LogP contribution in [0.15, 0.2) is 42.5 Å². The number of methoxy groups -OCH3 is 1. The molecule has 0 atom stereocenters. The number of esters is 1. The molecular formula is C22H21Cl2N3O4. The molecule has 0 aliphatic heterocycles. The first-order valence-corrected chi connectivity index (χ1v) is 10.1. The van der Waals surface area contributed by atoms with E-state index in [0.717, 1.165) is 11.1 Å².